The number of fused-ring (bicyclic) bond motifs is 1. The summed E-state index contributed by atoms with van der Waals surface area (Å²) >= 11 is 0. The number of nitrogens with two attached hydrogens (primary N) is 1. The van der Waals surface area contributed by atoms with E-state index in [0.717, 1.165) is 0 Å². The Kier molecular flexibility index (Phi) is 7.64. The van der Waals surface area contributed by atoms with Gasteiger partial charge in [0.1, 0.15) is 47.5 Å². The van der Waals surface area contributed by atoms with Gasteiger partial charge in [0.05, 0.1) is 18.9 Å². The first-order valence-corrected chi connectivity index (χ1v) is 14.2. The number of carbonyl (C=O) groups excluding carboxylic acids is 1. The zero-order chi connectivity index (χ0) is 27.8. The van der Waals surface area contributed by atoms with Crippen LogP contribution in [0.2, 0.25) is 0 Å². The molecular weight excluding hydrogens is 529 g/mol. The van der Waals surface area contributed by atoms with E-state index in [1.54, 1.807) is 56.3 Å². The van der Waals surface area contributed by atoms with Crippen molar-refractivity contribution in [3.63, 3.8) is 0 Å². The summed E-state index contributed by atoms with van der Waals surface area (Å²) in [6, 6.07) is 11.0. The Labute approximate surface area is 225 Å². The normalized spacial score (nSPS) is 28.9. The summed E-state index contributed by atoms with van der Waals surface area (Å²) in [5.41, 5.74) is 5.39. The molecule has 13 nitrogen and oxygen atoms in total. The quantitative estimate of drug-likeness (QED) is 0.257. The molecule has 39 heavy (non-hydrogen) atoms. The van der Waals surface area contributed by atoms with Crippen LogP contribution in [0.5, 0.6) is 5.75 Å². The van der Waals surface area contributed by atoms with Crippen LogP contribution < -0.4 is 10.3 Å². The fourth-order valence-electron chi connectivity index (χ4n) is 5.00. The van der Waals surface area contributed by atoms with Gasteiger partial charge in [-0.1, -0.05) is 18.2 Å². The van der Waals surface area contributed by atoms with E-state index in [1.807, 2.05) is 0 Å². The third-order valence-corrected chi connectivity index (χ3v) is 9.04. The van der Waals surface area contributed by atoms with E-state index in [0.29, 0.717) is 24.1 Å². The van der Waals surface area contributed by atoms with E-state index in [-0.39, 0.29) is 24.7 Å². The summed E-state index contributed by atoms with van der Waals surface area (Å²) in [5, 5.41) is 26.2. The third-order valence-electron chi connectivity index (χ3n) is 7.03. The molecule has 2 aromatic heterocycles. The molecule has 210 valence electrons. The number of aliphatic hydroxyl groups is 2. The summed E-state index contributed by atoms with van der Waals surface area (Å²) in [7, 11) is -4.17. The van der Waals surface area contributed by atoms with Gasteiger partial charge in [0.15, 0.2) is 5.82 Å². The average molecular weight is 562 g/mol. The van der Waals surface area contributed by atoms with Crippen LogP contribution in [0.1, 0.15) is 38.5 Å². The lowest BCUT2D eigenvalue weighted by Crippen LogP contribution is -2.45. The Morgan fingerprint density at radius 2 is 2.03 bits per heavy atom. The summed E-state index contributed by atoms with van der Waals surface area (Å²) in [6.45, 7) is 3.27. The predicted octanol–water partition coefficient (Wildman–Crippen LogP) is 2.09. The zero-order valence-corrected chi connectivity index (χ0v) is 22.5. The van der Waals surface area contributed by atoms with Gasteiger partial charge in [-0.2, -0.15) is 9.77 Å². The van der Waals surface area contributed by atoms with Gasteiger partial charge in [0.2, 0.25) is 0 Å². The van der Waals surface area contributed by atoms with Crippen LogP contribution in [0.4, 0.5) is 5.82 Å². The van der Waals surface area contributed by atoms with Gasteiger partial charge in [-0.3, -0.25) is 9.32 Å². The first kappa shape index (κ1) is 27.5. The lowest BCUT2D eigenvalue weighted by molar-refractivity contribution is -0.147. The lowest BCUT2D eigenvalue weighted by atomic mass is 9.97. The average Bonchev–Trinajstić information content (AvgIpc) is 3.64. The minimum Gasteiger partial charge on any atom is -0.465 e. The molecule has 2 aliphatic heterocycles. The number of para-hydroxylation sites is 1. The molecule has 3 aromatic rings. The van der Waals surface area contributed by atoms with E-state index in [4.69, 9.17) is 24.3 Å². The highest BCUT2D eigenvalue weighted by molar-refractivity contribution is 7.51. The number of benzene rings is 1. The number of anilines is 1. The third kappa shape index (κ3) is 5.13. The number of aliphatic hydroxyl groups excluding tert-OH is 2. The first-order valence-electron chi connectivity index (χ1n) is 12.7. The highest BCUT2D eigenvalue weighted by Crippen LogP contribution is 2.56. The van der Waals surface area contributed by atoms with Gasteiger partial charge < -0.3 is 29.9 Å². The molecule has 5 rings (SSSR count). The van der Waals surface area contributed by atoms with E-state index in [2.05, 4.69) is 10.1 Å². The van der Waals surface area contributed by atoms with Crippen molar-refractivity contribution in [1.82, 2.24) is 19.3 Å². The predicted molar refractivity (Wildman–Crippen MR) is 139 cm³/mol. The van der Waals surface area contributed by atoms with Crippen molar-refractivity contribution >= 4 is 25.1 Å². The number of esters is 1. The molecule has 1 aromatic carbocycles. The minimum absolute atomic E-state index is 0.177. The van der Waals surface area contributed by atoms with Gasteiger partial charge in [-0.15, -0.1) is 0 Å². The molecule has 14 heteroatoms. The number of aromatic nitrogens is 3. The molecule has 0 bridgehead atoms. The van der Waals surface area contributed by atoms with Gasteiger partial charge in [0, 0.05) is 6.54 Å². The number of nitrogens with zero attached hydrogens (tertiary/aromatic N) is 4. The number of ether oxygens (including phenoxy) is 2. The van der Waals surface area contributed by atoms with Crippen LogP contribution in [0.25, 0.3) is 5.52 Å². The molecule has 4 heterocycles. The van der Waals surface area contributed by atoms with Crippen molar-refractivity contribution in [2.45, 2.75) is 56.6 Å². The van der Waals surface area contributed by atoms with E-state index in [9.17, 15) is 19.6 Å². The summed E-state index contributed by atoms with van der Waals surface area (Å²) in [4.78, 5) is 16.6. The van der Waals surface area contributed by atoms with Gasteiger partial charge in [-0.25, -0.2) is 14.1 Å². The zero-order valence-electron chi connectivity index (χ0n) is 21.6. The molecule has 1 unspecified atom stereocenters. The highest BCUT2D eigenvalue weighted by atomic mass is 31.2. The second-order valence-electron chi connectivity index (χ2n) is 9.71. The molecule has 0 saturated carbocycles. The number of carbonyl (C=O) groups is 1. The Bertz CT molecular complexity index is 1370. The molecule has 6 atom stereocenters. The molecular formula is C25H32N5O8P. The molecule has 0 spiro atoms. The Balaban J connectivity index is 1.41. The van der Waals surface area contributed by atoms with Crippen LogP contribution >= 0.6 is 7.75 Å². The molecule has 0 amide bonds. The number of hydrogen-bond donors (Lipinski definition) is 3. The van der Waals surface area contributed by atoms with Crippen molar-refractivity contribution in [1.29, 1.82) is 0 Å². The maximum absolute atomic E-state index is 14.4. The van der Waals surface area contributed by atoms with E-state index >= 15 is 0 Å². The molecule has 4 N–H and O–H groups in total. The maximum atomic E-state index is 14.4. The number of nitrogen functional groups attached to an aromatic ring is 1. The standard InChI is InChI=1S/C25H32N5O8P/c1-3-35-24(33)19-10-7-13-29(19)39(34,38-16-8-5-4-6-9-16)36-14-25(2)22(32)20(31)21(37-25)17-11-12-18-23(26)27-15-28-30(17)18/h4-6,8-9,11-12,15,19-22,31-32H,3,7,10,13-14H2,1-2H3,(H2,26,27,28)/t19-,20-,21-,22-,25+,39?/m0/s1. The summed E-state index contributed by atoms with van der Waals surface area (Å²) in [5.74, 6) is 0.00933. The second-order valence-corrected chi connectivity index (χ2v) is 11.6. The summed E-state index contributed by atoms with van der Waals surface area (Å²) < 4.78 is 40.4. The van der Waals surface area contributed by atoms with Crippen molar-refractivity contribution in [3.05, 3.63) is 54.5 Å². The van der Waals surface area contributed by atoms with Crippen molar-refractivity contribution < 1.29 is 38.1 Å². The monoisotopic (exact) mass is 561 g/mol. The van der Waals surface area contributed by atoms with E-state index < -0.39 is 50.3 Å². The SMILES string of the molecule is CCOC(=O)[C@@H]1CCCN1P(=O)(OC[C@@]1(C)O[C@@H](c2ccc3c(N)ncnn23)[C@H](O)[C@@H]1O)Oc1ccccc1. The van der Waals surface area contributed by atoms with Crippen LogP contribution in [0.15, 0.2) is 48.8 Å². The van der Waals surface area contributed by atoms with Crippen molar-refractivity contribution in [2.24, 2.45) is 0 Å². The highest BCUT2D eigenvalue weighted by Gasteiger charge is 2.55. The largest absolute Gasteiger partial charge is 0.465 e. The summed E-state index contributed by atoms with van der Waals surface area (Å²) in [6.07, 6.45) is -1.50. The van der Waals surface area contributed by atoms with Crippen LogP contribution in [-0.2, 0) is 23.4 Å². The molecule has 2 saturated heterocycles. The minimum atomic E-state index is -4.17. The molecule has 0 radical (unpaired) electrons. The topological polar surface area (TPSA) is 171 Å². The first-order chi connectivity index (χ1) is 18.7. The van der Waals surface area contributed by atoms with Crippen molar-refractivity contribution in [2.75, 3.05) is 25.5 Å². The van der Waals surface area contributed by atoms with Crippen LogP contribution in [0, 0.1) is 0 Å². The van der Waals surface area contributed by atoms with Gasteiger partial charge >= 0.3 is 13.7 Å². The Morgan fingerprint density at radius 1 is 1.26 bits per heavy atom. The maximum Gasteiger partial charge on any atom is 0.462 e. The Morgan fingerprint density at radius 3 is 2.77 bits per heavy atom. The van der Waals surface area contributed by atoms with Crippen LogP contribution in [-0.4, -0.2) is 79.1 Å². The van der Waals surface area contributed by atoms with Crippen LogP contribution in [0.3, 0.4) is 0 Å². The van der Waals surface area contributed by atoms with Gasteiger partial charge in [0.25, 0.3) is 0 Å². The lowest BCUT2D eigenvalue weighted by Gasteiger charge is -2.34. The molecule has 2 aliphatic rings. The van der Waals surface area contributed by atoms with E-state index in [1.165, 1.54) is 15.5 Å². The fraction of sp³-hybridized carbons (Fsp3) is 0.480. The fourth-order valence-corrected chi connectivity index (χ4v) is 7.05. The molecule has 2 fully saturated rings. The number of rotatable bonds is 9. The Hall–Kier alpha value is -3.06. The van der Waals surface area contributed by atoms with Gasteiger partial charge in [-0.05, 0) is 51.0 Å². The number of hydrogen-bond acceptors (Lipinski definition) is 11. The van der Waals surface area contributed by atoms with Crippen molar-refractivity contribution in [3.8, 4) is 5.75 Å². The smallest absolute Gasteiger partial charge is 0.462 e. The second kappa shape index (κ2) is 10.8. The molecule has 0 aliphatic carbocycles.